The number of benzene rings is 2. The molecule has 0 fully saturated rings. The second kappa shape index (κ2) is 8.03. The fourth-order valence-electron chi connectivity index (χ4n) is 2.00. The van der Waals surface area contributed by atoms with E-state index < -0.39 is 48.2 Å². The largest absolute Gasteiger partial charge is 0.486 e. The topological polar surface area (TPSA) is 38.3 Å². The summed E-state index contributed by atoms with van der Waals surface area (Å²) in [4.78, 5) is 12.0. The van der Waals surface area contributed by atoms with Crippen LogP contribution in [0.25, 0.3) is 0 Å². The summed E-state index contributed by atoms with van der Waals surface area (Å²) in [7, 11) is 0. The number of halogens is 8. The number of rotatable bonds is 6. The minimum Gasteiger partial charge on any atom is -0.486 e. The fourth-order valence-corrected chi connectivity index (χ4v) is 2.00. The Bertz CT molecular complexity index is 834. The molecule has 0 heterocycles. The lowest BCUT2D eigenvalue weighted by molar-refractivity contribution is -0.153. The Morgan fingerprint density at radius 1 is 1.00 bits per heavy atom. The number of hydrogen-bond acceptors (Lipinski definition) is 2. The maximum absolute atomic E-state index is 13.0. The molecule has 0 aliphatic heterocycles. The molecule has 11 heteroatoms. The molecule has 0 spiro atoms. The Kier molecular flexibility index (Phi) is 6.15. The summed E-state index contributed by atoms with van der Waals surface area (Å²) in [6, 6.07) is 6.00. The van der Waals surface area contributed by atoms with Gasteiger partial charge in [0, 0.05) is 17.3 Å². The van der Waals surface area contributed by atoms with Gasteiger partial charge in [0.2, 0.25) is 0 Å². The zero-order chi connectivity index (χ0) is 21.1. The SMILES string of the molecule is O=C(Nc1ccc(C(F)(F)F)c(OCC(F)(F)C(F)F)c1)c1ccc(F)cc1. The van der Waals surface area contributed by atoms with Crippen LogP contribution in [0, 0.1) is 5.82 Å². The average Bonchev–Trinajstić information content (AvgIpc) is 2.59. The Labute approximate surface area is 152 Å². The summed E-state index contributed by atoms with van der Waals surface area (Å²) in [6.45, 7) is -2.00. The second-order valence-electron chi connectivity index (χ2n) is 5.52. The molecule has 0 bridgehead atoms. The summed E-state index contributed by atoms with van der Waals surface area (Å²) in [5.41, 5.74) is -1.80. The normalized spacial score (nSPS) is 12.2. The van der Waals surface area contributed by atoms with Crippen molar-refractivity contribution < 1.29 is 44.7 Å². The minimum atomic E-state index is -5.02. The van der Waals surface area contributed by atoms with Gasteiger partial charge in [-0.1, -0.05) is 0 Å². The molecule has 0 aliphatic rings. The van der Waals surface area contributed by atoms with Crippen LogP contribution in [-0.4, -0.2) is 24.9 Å². The van der Waals surface area contributed by atoms with Gasteiger partial charge in [-0.2, -0.15) is 22.0 Å². The summed E-state index contributed by atoms with van der Waals surface area (Å²) in [6.07, 6.45) is -9.15. The number of amides is 1. The number of carbonyl (C=O) groups excluding carboxylic acids is 1. The lowest BCUT2D eigenvalue weighted by Crippen LogP contribution is -2.34. The van der Waals surface area contributed by atoms with Gasteiger partial charge in [-0.05, 0) is 36.4 Å². The van der Waals surface area contributed by atoms with E-state index in [1.807, 2.05) is 0 Å². The Morgan fingerprint density at radius 3 is 2.14 bits per heavy atom. The Morgan fingerprint density at radius 2 is 1.61 bits per heavy atom. The number of alkyl halides is 7. The van der Waals surface area contributed by atoms with Crippen LogP contribution in [0.2, 0.25) is 0 Å². The van der Waals surface area contributed by atoms with E-state index in [0.717, 1.165) is 30.3 Å². The first-order valence-electron chi connectivity index (χ1n) is 7.47. The average molecular weight is 413 g/mol. The molecule has 2 aromatic rings. The van der Waals surface area contributed by atoms with E-state index in [1.165, 1.54) is 0 Å². The third-order valence-electron chi connectivity index (χ3n) is 3.39. The van der Waals surface area contributed by atoms with Crippen molar-refractivity contribution in [1.82, 2.24) is 0 Å². The third-order valence-corrected chi connectivity index (χ3v) is 3.39. The Hall–Kier alpha value is -2.85. The number of hydrogen-bond donors (Lipinski definition) is 1. The minimum absolute atomic E-state index is 0.0343. The molecule has 2 aromatic carbocycles. The molecular weight excluding hydrogens is 402 g/mol. The number of ether oxygens (including phenoxy) is 1. The second-order valence-corrected chi connectivity index (χ2v) is 5.52. The standard InChI is InChI=1S/C17H11F8NO2/c18-10-3-1-9(2-4-10)14(27)26-11-5-6-12(17(23,24)25)13(7-11)28-8-16(21,22)15(19)20/h1-7,15H,8H2,(H,26,27). The fraction of sp³-hybridized carbons (Fsp3) is 0.235. The number of nitrogens with one attached hydrogen (secondary N) is 1. The van der Waals surface area contributed by atoms with E-state index in [2.05, 4.69) is 10.1 Å². The molecule has 0 saturated carbocycles. The first kappa shape index (κ1) is 21.5. The van der Waals surface area contributed by atoms with E-state index in [1.54, 1.807) is 0 Å². The zero-order valence-corrected chi connectivity index (χ0v) is 13.7. The molecule has 1 N–H and O–H groups in total. The van der Waals surface area contributed by atoms with Crippen molar-refractivity contribution in [2.45, 2.75) is 18.5 Å². The molecular formula is C17H11F8NO2. The molecule has 0 unspecified atom stereocenters. The van der Waals surface area contributed by atoms with Crippen LogP contribution in [0.3, 0.4) is 0 Å². The van der Waals surface area contributed by atoms with Crippen molar-refractivity contribution in [1.29, 1.82) is 0 Å². The molecule has 0 aliphatic carbocycles. The highest BCUT2D eigenvalue weighted by molar-refractivity contribution is 6.04. The summed E-state index contributed by atoms with van der Waals surface area (Å²) in [5.74, 6) is -7.29. The van der Waals surface area contributed by atoms with Crippen LogP contribution < -0.4 is 10.1 Å². The van der Waals surface area contributed by atoms with Gasteiger partial charge in [-0.25, -0.2) is 13.2 Å². The van der Waals surface area contributed by atoms with Gasteiger partial charge < -0.3 is 10.1 Å². The monoisotopic (exact) mass is 413 g/mol. The predicted molar refractivity (Wildman–Crippen MR) is 82.2 cm³/mol. The van der Waals surface area contributed by atoms with Gasteiger partial charge >= 0.3 is 18.5 Å². The maximum atomic E-state index is 13.0. The van der Waals surface area contributed by atoms with E-state index in [-0.39, 0.29) is 11.3 Å². The van der Waals surface area contributed by atoms with E-state index >= 15 is 0 Å². The molecule has 2 rings (SSSR count). The van der Waals surface area contributed by atoms with Crippen LogP contribution in [-0.2, 0) is 6.18 Å². The van der Waals surface area contributed by atoms with E-state index in [0.29, 0.717) is 12.1 Å². The molecule has 1 amide bonds. The van der Waals surface area contributed by atoms with Gasteiger partial charge in [0.05, 0.1) is 5.56 Å². The molecule has 28 heavy (non-hydrogen) atoms. The maximum Gasteiger partial charge on any atom is 0.419 e. The van der Waals surface area contributed by atoms with Crippen LogP contribution in [0.15, 0.2) is 42.5 Å². The highest BCUT2D eigenvalue weighted by atomic mass is 19.4. The van der Waals surface area contributed by atoms with Crippen molar-refractivity contribution in [2.75, 3.05) is 11.9 Å². The summed E-state index contributed by atoms with van der Waals surface area (Å²) >= 11 is 0. The van der Waals surface area contributed by atoms with Gasteiger partial charge in [-0.3, -0.25) is 4.79 Å². The van der Waals surface area contributed by atoms with Crippen LogP contribution in [0.5, 0.6) is 5.75 Å². The molecule has 0 saturated heterocycles. The lowest BCUT2D eigenvalue weighted by Gasteiger charge is -2.19. The zero-order valence-electron chi connectivity index (χ0n) is 13.7. The number of carbonyl (C=O) groups is 1. The number of anilines is 1. The molecule has 0 atom stereocenters. The van der Waals surface area contributed by atoms with Crippen LogP contribution >= 0.6 is 0 Å². The van der Waals surface area contributed by atoms with Crippen LogP contribution in [0.4, 0.5) is 40.8 Å². The van der Waals surface area contributed by atoms with Crippen molar-refractivity contribution in [3.63, 3.8) is 0 Å². The molecule has 3 nitrogen and oxygen atoms in total. The third kappa shape index (κ3) is 5.33. The van der Waals surface area contributed by atoms with Gasteiger partial charge in [-0.15, -0.1) is 0 Å². The van der Waals surface area contributed by atoms with Crippen molar-refractivity contribution in [3.05, 3.63) is 59.4 Å². The van der Waals surface area contributed by atoms with Gasteiger partial charge in [0.15, 0.2) is 6.61 Å². The van der Waals surface area contributed by atoms with Crippen LogP contribution in [0.1, 0.15) is 15.9 Å². The Balaban J connectivity index is 2.27. The summed E-state index contributed by atoms with van der Waals surface area (Å²) in [5, 5.41) is 2.17. The lowest BCUT2D eigenvalue weighted by atomic mass is 10.1. The highest BCUT2D eigenvalue weighted by Gasteiger charge is 2.43. The quantitative estimate of drug-likeness (QED) is 0.647. The first-order chi connectivity index (χ1) is 12.9. The molecule has 152 valence electrons. The first-order valence-corrected chi connectivity index (χ1v) is 7.47. The smallest absolute Gasteiger partial charge is 0.419 e. The van der Waals surface area contributed by atoms with Crippen molar-refractivity contribution >= 4 is 11.6 Å². The van der Waals surface area contributed by atoms with Crippen molar-refractivity contribution in [2.24, 2.45) is 0 Å². The molecule has 0 radical (unpaired) electrons. The van der Waals surface area contributed by atoms with E-state index in [4.69, 9.17) is 0 Å². The molecule has 0 aromatic heterocycles. The summed E-state index contributed by atoms with van der Waals surface area (Å²) < 4.78 is 106. The predicted octanol–water partition coefficient (Wildman–Crippen LogP) is 5.38. The van der Waals surface area contributed by atoms with Gasteiger partial charge in [0.1, 0.15) is 11.6 Å². The van der Waals surface area contributed by atoms with Gasteiger partial charge in [0.25, 0.3) is 5.91 Å². The highest BCUT2D eigenvalue weighted by Crippen LogP contribution is 2.38. The van der Waals surface area contributed by atoms with E-state index in [9.17, 15) is 39.9 Å². The van der Waals surface area contributed by atoms with Crippen molar-refractivity contribution in [3.8, 4) is 5.75 Å².